The third kappa shape index (κ3) is 13.3. The molecule has 0 radical (unpaired) electrons. The molecule has 386 valence electrons. The maximum atomic E-state index is 14.2. The number of hydrogen-bond acceptors (Lipinski definition) is 16. The van der Waals surface area contributed by atoms with Gasteiger partial charge in [0.25, 0.3) is 0 Å². The molecule has 2 heterocycles. The van der Waals surface area contributed by atoms with E-state index in [0.29, 0.717) is 5.56 Å². The van der Waals surface area contributed by atoms with E-state index >= 15 is 0 Å². The highest BCUT2D eigenvalue weighted by atomic mass is 16.8. The van der Waals surface area contributed by atoms with Gasteiger partial charge in [-0.2, -0.15) is 0 Å². The second kappa shape index (κ2) is 25.4. The number of benzene rings is 7. The third-order valence-corrected chi connectivity index (χ3v) is 12.2. The number of ether oxygens (including phenoxy) is 10. The van der Waals surface area contributed by atoms with Crippen LogP contribution in [0.4, 0.5) is 0 Å². The van der Waals surface area contributed by atoms with Crippen LogP contribution in [0.3, 0.4) is 0 Å². The topological polar surface area (TPSA) is 195 Å². The van der Waals surface area contributed by atoms with Crippen molar-refractivity contribution in [3.63, 3.8) is 0 Å². The molecule has 0 spiro atoms. The molecular formula is C60H50O16. The molecule has 0 aliphatic carbocycles. The average Bonchev–Trinajstić information content (AvgIpc) is 3.48. The van der Waals surface area contributed by atoms with E-state index in [1.54, 1.807) is 133 Å². The SMILES string of the molecule is O=C(O[C@@H]1[C@@H](OC(=O)c2ccccc2)[C@H](OCc2ccccc2)O[C@H](CO[C@@H]2OC[C@@H](OC(=O)c3ccccc3)[C@H](OC(=O)c3ccccc3)[C@H]2OC(=O)c2ccccc2)[C@H]1OC(=O)c1ccccc1)c1ccccc1. The van der Waals surface area contributed by atoms with Crippen molar-refractivity contribution in [2.45, 2.75) is 61.9 Å². The lowest BCUT2D eigenvalue weighted by molar-refractivity contribution is -0.320. The predicted octanol–water partition coefficient (Wildman–Crippen LogP) is 8.65. The Kier molecular flexibility index (Phi) is 17.4. The molecule has 0 N–H and O–H groups in total. The van der Waals surface area contributed by atoms with Gasteiger partial charge in [-0.3, -0.25) is 0 Å². The molecule has 9 rings (SSSR count). The van der Waals surface area contributed by atoms with Gasteiger partial charge in [-0.25, -0.2) is 28.8 Å². The summed E-state index contributed by atoms with van der Waals surface area (Å²) < 4.78 is 62.8. The maximum absolute atomic E-state index is 14.2. The second-order valence-corrected chi connectivity index (χ2v) is 17.4. The second-order valence-electron chi connectivity index (χ2n) is 17.4. The zero-order chi connectivity index (χ0) is 52.6. The van der Waals surface area contributed by atoms with Gasteiger partial charge in [0.15, 0.2) is 49.2 Å². The van der Waals surface area contributed by atoms with E-state index in [9.17, 15) is 28.8 Å². The Morgan fingerprint density at radius 3 is 1.05 bits per heavy atom. The average molecular weight is 1030 g/mol. The Hall–Kier alpha value is -8.80. The Morgan fingerprint density at radius 2 is 0.658 bits per heavy atom. The molecule has 2 aliphatic rings. The lowest BCUT2D eigenvalue weighted by Crippen LogP contribution is -2.64. The molecule has 0 unspecified atom stereocenters. The Labute approximate surface area is 436 Å². The van der Waals surface area contributed by atoms with Crippen LogP contribution in [0.1, 0.15) is 67.7 Å². The normalized spacial score (nSPS) is 21.9. The highest BCUT2D eigenvalue weighted by molar-refractivity contribution is 5.92. The third-order valence-electron chi connectivity index (χ3n) is 12.2. The highest BCUT2D eigenvalue weighted by Crippen LogP contribution is 2.34. The van der Waals surface area contributed by atoms with Crippen LogP contribution in [-0.4, -0.2) is 104 Å². The molecule has 16 heteroatoms. The van der Waals surface area contributed by atoms with Crippen molar-refractivity contribution in [2.24, 2.45) is 0 Å². The van der Waals surface area contributed by atoms with Crippen LogP contribution in [0.5, 0.6) is 0 Å². The molecular weight excluding hydrogens is 977 g/mol. The van der Waals surface area contributed by atoms with Gasteiger partial charge in [0.2, 0.25) is 0 Å². The van der Waals surface area contributed by atoms with Crippen LogP contribution < -0.4 is 0 Å². The summed E-state index contributed by atoms with van der Waals surface area (Å²) in [6.07, 6.45) is -14.2. The molecule has 7 aromatic carbocycles. The fourth-order valence-electron chi connectivity index (χ4n) is 8.36. The van der Waals surface area contributed by atoms with Gasteiger partial charge in [0.1, 0.15) is 6.10 Å². The van der Waals surface area contributed by atoms with Gasteiger partial charge in [-0.1, -0.05) is 140 Å². The van der Waals surface area contributed by atoms with E-state index in [-0.39, 0.29) is 40.0 Å². The molecule has 0 amide bonds. The molecule has 16 nitrogen and oxygen atoms in total. The number of carbonyl (C=O) groups is 6. The summed E-state index contributed by atoms with van der Waals surface area (Å²) in [5, 5.41) is 0. The van der Waals surface area contributed by atoms with Crippen LogP contribution in [0.25, 0.3) is 0 Å². The first kappa shape index (κ1) is 52.1. The van der Waals surface area contributed by atoms with Crippen LogP contribution in [0.2, 0.25) is 0 Å². The van der Waals surface area contributed by atoms with E-state index in [2.05, 4.69) is 0 Å². The summed E-state index contributed by atoms with van der Waals surface area (Å²) in [5.41, 5.74) is 1.48. The van der Waals surface area contributed by atoms with Crippen molar-refractivity contribution in [2.75, 3.05) is 13.2 Å². The van der Waals surface area contributed by atoms with E-state index in [0.717, 1.165) is 0 Å². The fourth-order valence-corrected chi connectivity index (χ4v) is 8.36. The van der Waals surface area contributed by atoms with Crippen LogP contribution in [0.15, 0.2) is 212 Å². The molecule has 0 aromatic heterocycles. The molecule has 2 fully saturated rings. The van der Waals surface area contributed by atoms with E-state index < -0.39 is 104 Å². The van der Waals surface area contributed by atoms with Crippen LogP contribution in [-0.2, 0) is 54.0 Å². The van der Waals surface area contributed by atoms with E-state index in [1.807, 2.05) is 6.07 Å². The van der Waals surface area contributed by atoms with Gasteiger partial charge in [0, 0.05) is 0 Å². The smallest absolute Gasteiger partial charge is 0.338 e. The summed E-state index contributed by atoms with van der Waals surface area (Å²) in [4.78, 5) is 84.2. The summed E-state index contributed by atoms with van der Waals surface area (Å²) in [6.45, 7) is -1.17. The lowest BCUT2D eigenvalue weighted by atomic mass is 9.97. The van der Waals surface area contributed by atoms with Crippen molar-refractivity contribution in [3.8, 4) is 0 Å². The molecule has 2 saturated heterocycles. The summed E-state index contributed by atoms with van der Waals surface area (Å²) in [5.74, 6) is -5.12. The maximum Gasteiger partial charge on any atom is 0.338 e. The van der Waals surface area contributed by atoms with Gasteiger partial charge in [0.05, 0.1) is 53.2 Å². The minimum atomic E-state index is -1.67. The van der Waals surface area contributed by atoms with Gasteiger partial charge in [-0.05, 0) is 78.4 Å². The summed E-state index contributed by atoms with van der Waals surface area (Å²) in [7, 11) is 0. The molecule has 7 aromatic rings. The summed E-state index contributed by atoms with van der Waals surface area (Å²) in [6, 6.07) is 57.2. The fraction of sp³-hybridized carbons (Fsp3) is 0.200. The monoisotopic (exact) mass is 1030 g/mol. The number of esters is 6. The van der Waals surface area contributed by atoms with Gasteiger partial charge >= 0.3 is 35.8 Å². The molecule has 76 heavy (non-hydrogen) atoms. The van der Waals surface area contributed by atoms with E-state index in [4.69, 9.17) is 47.4 Å². The minimum absolute atomic E-state index is 0.104. The van der Waals surface area contributed by atoms with Crippen molar-refractivity contribution in [1.29, 1.82) is 0 Å². The molecule has 0 saturated carbocycles. The van der Waals surface area contributed by atoms with Crippen molar-refractivity contribution >= 4 is 35.8 Å². The zero-order valence-corrected chi connectivity index (χ0v) is 40.6. The molecule has 2 aliphatic heterocycles. The molecule has 0 bridgehead atoms. The molecule has 9 atom stereocenters. The number of rotatable bonds is 18. The quantitative estimate of drug-likeness (QED) is 0.0585. The van der Waals surface area contributed by atoms with Crippen LogP contribution >= 0.6 is 0 Å². The van der Waals surface area contributed by atoms with Crippen molar-refractivity contribution < 1.29 is 76.1 Å². The minimum Gasteiger partial charge on any atom is -0.452 e. The Morgan fingerprint density at radius 1 is 0.342 bits per heavy atom. The van der Waals surface area contributed by atoms with Crippen LogP contribution in [0, 0.1) is 0 Å². The van der Waals surface area contributed by atoms with Gasteiger partial charge in [-0.15, -0.1) is 0 Å². The Balaban J connectivity index is 1.10. The first-order valence-electron chi connectivity index (χ1n) is 24.3. The zero-order valence-electron chi connectivity index (χ0n) is 40.6. The van der Waals surface area contributed by atoms with Crippen molar-refractivity contribution in [1.82, 2.24) is 0 Å². The largest absolute Gasteiger partial charge is 0.452 e. The first-order chi connectivity index (χ1) is 37.2. The lowest BCUT2D eigenvalue weighted by Gasteiger charge is -2.45. The number of hydrogen-bond donors (Lipinski definition) is 0. The van der Waals surface area contributed by atoms with Gasteiger partial charge < -0.3 is 47.4 Å². The van der Waals surface area contributed by atoms with Crippen molar-refractivity contribution in [3.05, 3.63) is 251 Å². The van der Waals surface area contributed by atoms with E-state index in [1.165, 1.54) is 72.8 Å². The predicted molar refractivity (Wildman–Crippen MR) is 269 cm³/mol. The highest BCUT2D eigenvalue weighted by Gasteiger charge is 2.55. The number of carbonyl (C=O) groups excluding carboxylic acids is 6. The Bertz CT molecular complexity index is 3020. The standard InChI is InChI=1S/C60H50O16/c61-53(40-24-10-2-11-25-40)70-46-37-68-59(51(75-57(65)44-32-18-6-19-33-44)49(46)73-55(63)42-28-14-4-15-29-42)69-38-47-48(72-54(62)41-26-12-3-13-27-41)50(74-56(64)43-30-16-5-17-31-43)52(76-58(66)45-34-20-7-21-35-45)60(71-47)67-36-39-22-8-1-9-23-39/h1-35,46-52,59-60H,36-38H2/t46-,47-,48-,49+,50+,51-,52-,59+,60-/m1/s1. The first-order valence-corrected chi connectivity index (χ1v) is 24.3. The summed E-state index contributed by atoms with van der Waals surface area (Å²) >= 11 is 0.